The van der Waals surface area contributed by atoms with E-state index < -0.39 is 31.1 Å². The Kier molecular flexibility index (Phi) is 5.94. The van der Waals surface area contributed by atoms with E-state index in [1.54, 1.807) is 0 Å². The van der Waals surface area contributed by atoms with Crippen molar-refractivity contribution in [3.8, 4) is 0 Å². The summed E-state index contributed by atoms with van der Waals surface area (Å²) in [5, 5.41) is 0. The van der Waals surface area contributed by atoms with Gasteiger partial charge in [0.15, 0.2) is 18.9 Å². The first-order valence-corrected chi connectivity index (χ1v) is 11.3. The van der Waals surface area contributed by atoms with Crippen molar-refractivity contribution in [3.63, 3.8) is 0 Å². The fourth-order valence-corrected chi connectivity index (χ4v) is 4.59. The van der Waals surface area contributed by atoms with Gasteiger partial charge in [-0.3, -0.25) is 0 Å². The van der Waals surface area contributed by atoms with E-state index >= 15 is 0 Å². The van der Waals surface area contributed by atoms with Crippen LogP contribution in [0.15, 0.2) is 91.0 Å². The Hall–Kier alpha value is -2.58. The standard InChI is InChI=1S/C27H26O6/c1-4-10-18(11-5-1)25-28-16-21-23-24(33-27(32-23)20-14-8-3-9-15-20)22(17-29-25)31-26(30-21)19-12-6-2-7-13-19/h1-15,21-27H,16-17H2/t21-,22+,23-,24-,25?,26?,27?/m0/s1. The van der Waals surface area contributed by atoms with Gasteiger partial charge in [-0.15, -0.1) is 0 Å². The molecule has 6 nitrogen and oxygen atoms in total. The second-order valence-electron chi connectivity index (χ2n) is 8.44. The van der Waals surface area contributed by atoms with E-state index in [-0.39, 0.29) is 25.4 Å². The van der Waals surface area contributed by atoms with Crippen LogP contribution in [0.25, 0.3) is 0 Å². The summed E-state index contributed by atoms with van der Waals surface area (Å²) in [6, 6.07) is 29.7. The molecule has 3 aromatic rings. The van der Waals surface area contributed by atoms with Crippen molar-refractivity contribution in [1.82, 2.24) is 0 Å². The third-order valence-corrected chi connectivity index (χ3v) is 6.25. The molecule has 3 aromatic carbocycles. The number of benzene rings is 3. The van der Waals surface area contributed by atoms with E-state index in [0.29, 0.717) is 0 Å². The zero-order chi connectivity index (χ0) is 22.0. The van der Waals surface area contributed by atoms with E-state index in [4.69, 9.17) is 28.4 Å². The maximum Gasteiger partial charge on any atom is 0.184 e. The zero-order valence-corrected chi connectivity index (χ0v) is 18.1. The van der Waals surface area contributed by atoms with Crippen LogP contribution in [0.1, 0.15) is 35.6 Å². The van der Waals surface area contributed by atoms with Crippen LogP contribution >= 0.6 is 0 Å². The van der Waals surface area contributed by atoms with Gasteiger partial charge in [-0.2, -0.15) is 0 Å². The van der Waals surface area contributed by atoms with Gasteiger partial charge in [-0.25, -0.2) is 0 Å². The molecule has 0 aliphatic carbocycles. The van der Waals surface area contributed by atoms with Crippen LogP contribution < -0.4 is 0 Å². The van der Waals surface area contributed by atoms with E-state index in [2.05, 4.69) is 0 Å². The molecule has 0 saturated carbocycles. The summed E-state index contributed by atoms with van der Waals surface area (Å²) >= 11 is 0. The molecule has 0 aromatic heterocycles. The zero-order valence-electron chi connectivity index (χ0n) is 18.1. The largest absolute Gasteiger partial charge is 0.346 e. The van der Waals surface area contributed by atoms with Crippen molar-refractivity contribution >= 4 is 0 Å². The summed E-state index contributed by atoms with van der Waals surface area (Å²) in [6.07, 6.45) is -3.07. The molecule has 3 aliphatic rings. The van der Waals surface area contributed by atoms with Gasteiger partial charge in [0.1, 0.15) is 24.4 Å². The first-order valence-electron chi connectivity index (χ1n) is 11.3. The molecule has 170 valence electrons. The first-order chi connectivity index (χ1) is 16.3. The highest BCUT2D eigenvalue weighted by Gasteiger charge is 2.51. The van der Waals surface area contributed by atoms with Crippen molar-refractivity contribution in [2.45, 2.75) is 43.3 Å². The topological polar surface area (TPSA) is 55.4 Å². The van der Waals surface area contributed by atoms with Crippen molar-refractivity contribution < 1.29 is 28.4 Å². The molecule has 6 rings (SSSR count). The summed E-state index contributed by atoms with van der Waals surface area (Å²) in [4.78, 5) is 0. The van der Waals surface area contributed by atoms with Gasteiger partial charge >= 0.3 is 0 Å². The van der Waals surface area contributed by atoms with E-state index in [0.717, 1.165) is 16.7 Å². The van der Waals surface area contributed by atoms with Crippen molar-refractivity contribution in [2.75, 3.05) is 13.2 Å². The average molecular weight is 446 g/mol. The molecule has 3 fully saturated rings. The maximum absolute atomic E-state index is 6.48. The molecule has 3 heterocycles. The highest BCUT2D eigenvalue weighted by molar-refractivity contribution is 5.19. The highest BCUT2D eigenvalue weighted by atomic mass is 16.8. The monoisotopic (exact) mass is 446 g/mol. The summed E-state index contributed by atoms with van der Waals surface area (Å²) in [5.74, 6) is 0. The summed E-state index contributed by atoms with van der Waals surface area (Å²) < 4.78 is 38.3. The number of hydrogen-bond acceptors (Lipinski definition) is 6. The predicted octanol–water partition coefficient (Wildman–Crippen LogP) is 4.70. The quantitative estimate of drug-likeness (QED) is 0.582. The minimum atomic E-state index is -0.561. The van der Waals surface area contributed by atoms with Gasteiger partial charge in [0.25, 0.3) is 0 Å². The SMILES string of the molecule is c1ccc(C2OC[C@@H]3OC(c4ccccc4)O[C@H](CO2)[C@@H]2OC(c4ccccc4)O[C@H]23)cc1. The summed E-state index contributed by atoms with van der Waals surface area (Å²) in [7, 11) is 0. The Bertz CT molecular complexity index is 967. The molecular formula is C27H26O6. The Morgan fingerprint density at radius 3 is 1.21 bits per heavy atom. The van der Waals surface area contributed by atoms with Crippen molar-refractivity contribution in [1.29, 1.82) is 0 Å². The van der Waals surface area contributed by atoms with Crippen LogP contribution in [-0.4, -0.2) is 37.6 Å². The highest BCUT2D eigenvalue weighted by Crippen LogP contribution is 2.42. The minimum absolute atomic E-state index is 0.283. The number of hydrogen-bond donors (Lipinski definition) is 0. The lowest BCUT2D eigenvalue weighted by atomic mass is 10.0. The van der Waals surface area contributed by atoms with E-state index in [1.165, 1.54) is 0 Å². The lowest BCUT2D eigenvalue weighted by molar-refractivity contribution is -0.266. The van der Waals surface area contributed by atoms with Gasteiger partial charge in [-0.1, -0.05) is 91.0 Å². The molecule has 3 saturated heterocycles. The van der Waals surface area contributed by atoms with Crippen LogP contribution in [-0.2, 0) is 28.4 Å². The smallest absolute Gasteiger partial charge is 0.184 e. The molecule has 0 spiro atoms. The molecule has 33 heavy (non-hydrogen) atoms. The summed E-state index contributed by atoms with van der Waals surface area (Å²) in [5.41, 5.74) is 2.85. The van der Waals surface area contributed by atoms with Gasteiger partial charge in [0.2, 0.25) is 0 Å². The molecule has 0 amide bonds. The first kappa shape index (κ1) is 21.0. The van der Waals surface area contributed by atoms with Crippen LogP contribution in [0.4, 0.5) is 0 Å². The second-order valence-corrected chi connectivity index (χ2v) is 8.44. The maximum atomic E-state index is 6.48. The molecule has 7 atom stereocenters. The molecular weight excluding hydrogens is 420 g/mol. The van der Waals surface area contributed by atoms with Gasteiger partial charge < -0.3 is 28.4 Å². The Labute approximate surface area is 192 Å². The Balaban J connectivity index is 1.31. The number of ether oxygens (including phenoxy) is 6. The fraction of sp³-hybridized carbons (Fsp3) is 0.333. The molecule has 3 unspecified atom stereocenters. The Morgan fingerprint density at radius 2 is 0.788 bits per heavy atom. The van der Waals surface area contributed by atoms with Gasteiger partial charge in [0.05, 0.1) is 13.2 Å². The summed E-state index contributed by atoms with van der Waals surface area (Å²) in [6.45, 7) is 0.565. The fourth-order valence-electron chi connectivity index (χ4n) is 4.59. The average Bonchev–Trinajstić information content (AvgIpc) is 3.29. The lowest BCUT2D eigenvalue weighted by Crippen LogP contribution is -2.43. The van der Waals surface area contributed by atoms with E-state index in [9.17, 15) is 0 Å². The third kappa shape index (κ3) is 4.34. The molecule has 3 aliphatic heterocycles. The number of rotatable bonds is 3. The second kappa shape index (κ2) is 9.35. The lowest BCUT2D eigenvalue weighted by Gasteiger charge is -2.29. The van der Waals surface area contributed by atoms with Crippen LogP contribution in [0.5, 0.6) is 0 Å². The molecule has 0 radical (unpaired) electrons. The van der Waals surface area contributed by atoms with Crippen LogP contribution in [0.2, 0.25) is 0 Å². The normalized spacial score (nSPS) is 34.0. The molecule has 6 heteroatoms. The predicted molar refractivity (Wildman–Crippen MR) is 119 cm³/mol. The van der Waals surface area contributed by atoms with Crippen molar-refractivity contribution in [3.05, 3.63) is 108 Å². The molecule has 2 bridgehead atoms. The minimum Gasteiger partial charge on any atom is -0.346 e. The molecule has 0 N–H and O–H groups in total. The Morgan fingerprint density at radius 1 is 0.424 bits per heavy atom. The van der Waals surface area contributed by atoms with E-state index in [1.807, 2.05) is 91.0 Å². The third-order valence-electron chi connectivity index (χ3n) is 6.25. The van der Waals surface area contributed by atoms with Crippen molar-refractivity contribution in [2.24, 2.45) is 0 Å². The van der Waals surface area contributed by atoms with Crippen LogP contribution in [0.3, 0.4) is 0 Å². The van der Waals surface area contributed by atoms with Gasteiger partial charge in [0, 0.05) is 16.7 Å². The van der Waals surface area contributed by atoms with Gasteiger partial charge in [-0.05, 0) is 0 Å². The van der Waals surface area contributed by atoms with Crippen LogP contribution in [0, 0.1) is 0 Å².